The monoisotopic (exact) mass is 1010 g/mol. The first kappa shape index (κ1) is 53.5. The Morgan fingerprint density at radius 2 is 1.44 bits per heavy atom. The van der Waals surface area contributed by atoms with Gasteiger partial charge in [0.25, 0.3) is 17.7 Å². The predicted octanol–water partition coefficient (Wildman–Crippen LogP) is 6.26. The quantitative estimate of drug-likeness (QED) is 0.0252. The molecule has 3 atom stereocenters. The molecule has 0 radical (unpaired) electrons. The topological polar surface area (TPSA) is 244 Å². The molecule has 1 saturated heterocycles. The number of aromatic nitrogens is 1. The van der Waals surface area contributed by atoms with Crippen LogP contribution in [0, 0.1) is 5.82 Å². The summed E-state index contributed by atoms with van der Waals surface area (Å²) < 4.78 is 39.0. The van der Waals surface area contributed by atoms with Crippen LogP contribution in [0.25, 0.3) is 22.4 Å². The van der Waals surface area contributed by atoms with Crippen LogP contribution in [0.15, 0.2) is 97.1 Å². The third-order valence-corrected chi connectivity index (χ3v) is 12.3. The average Bonchev–Trinajstić information content (AvgIpc) is 3.84. The van der Waals surface area contributed by atoms with E-state index in [9.17, 15) is 43.4 Å². The number of rotatable bonds is 27. The number of ether oxygens (including phenoxy) is 4. The minimum Gasteiger partial charge on any atom is -0.491 e. The lowest BCUT2D eigenvalue weighted by molar-refractivity contribution is -0.140. The zero-order valence-corrected chi connectivity index (χ0v) is 40.6. The average molecular weight is 1010 g/mol. The van der Waals surface area contributed by atoms with Gasteiger partial charge in [-0.1, -0.05) is 50.2 Å². The number of imide groups is 2. The van der Waals surface area contributed by atoms with E-state index in [0.29, 0.717) is 84.8 Å². The van der Waals surface area contributed by atoms with Crippen molar-refractivity contribution in [3.63, 3.8) is 0 Å². The van der Waals surface area contributed by atoms with E-state index in [0.717, 1.165) is 10.5 Å². The highest BCUT2D eigenvalue weighted by atomic mass is 19.1. The minimum absolute atomic E-state index is 0.0392. The molecule has 2 aliphatic rings. The molecule has 3 heterocycles. The Labute approximate surface area is 421 Å². The van der Waals surface area contributed by atoms with Crippen molar-refractivity contribution in [2.24, 2.45) is 0 Å². The fourth-order valence-corrected chi connectivity index (χ4v) is 9.00. The van der Waals surface area contributed by atoms with E-state index in [1.54, 1.807) is 48.5 Å². The minimum atomic E-state index is -1.24. The zero-order valence-electron chi connectivity index (χ0n) is 40.6. The molecule has 5 amide bonds. The van der Waals surface area contributed by atoms with Crippen LogP contribution in [0.5, 0.6) is 5.75 Å². The number of carbonyl (C=O) groups excluding carboxylic acids is 5. The lowest BCUT2D eigenvalue weighted by atomic mass is 9.94. The van der Waals surface area contributed by atoms with Crippen LogP contribution in [0.3, 0.4) is 0 Å². The number of benzene rings is 4. The summed E-state index contributed by atoms with van der Waals surface area (Å²) in [5.74, 6) is -3.91. The van der Waals surface area contributed by atoms with Crippen LogP contribution in [0.4, 0.5) is 15.8 Å². The maximum Gasteiger partial charge on any atom is 0.305 e. The number of anilines is 2. The molecule has 5 aromatic rings. The fraction of sp³-hybridized carbons (Fsp3) is 0.370. The molecule has 1 aromatic heterocycles. The summed E-state index contributed by atoms with van der Waals surface area (Å²) >= 11 is 0. The van der Waals surface area contributed by atoms with Crippen molar-refractivity contribution in [2.75, 3.05) is 63.4 Å². The van der Waals surface area contributed by atoms with Crippen molar-refractivity contribution >= 4 is 46.9 Å². The summed E-state index contributed by atoms with van der Waals surface area (Å²) in [5.41, 5.74) is 5.05. The molecular formula is C54H60FN5O13. The molecule has 4 aromatic carbocycles. The maximum atomic E-state index is 14.6. The molecule has 386 valence electrons. The number of nitrogens with one attached hydrogen (secondary N) is 3. The number of fused-ring (bicyclic) bond motifs is 1. The molecule has 1 fully saturated rings. The second kappa shape index (κ2) is 25.4. The number of hydrogen-bond acceptors (Lipinski definition) is 13. The van der Waals surface area contributed by atoms with Crippen molar-refractivity contribution in [3.8, 4) is 28.1 Å². The predicted molar refractivity (Wildman–Crippen MR) is 267 cm³/mol. The Hall–Kier alpha value is -7.29. The highest BCUT2D eigenvalue weighted by Gasteiger charge is 2.45. The SMILES string of the molecule is CC(C)c1c(C(=O)Nc2ccc(OCCOCCOCCOCCNc3cccc4c3C(=O)N(C3CCC(=O)NC3=O)C4=O)cc2)c(-c2ccccc2)c(-c2ccc(F)cc2)n1CCC(O)CC(O)CC(=O)O. The second-order valence-corrected chi connectivity index (χ2v) is 17.9. The molecule has 6 N–H and O–H groups in total. The Bertz CT molecular complexity index is 2750. The maximum absolute atomic E-state index is 14.6. The van der Waals surface area contributed by atoms with E-state index < -0.39 is 60.1 Å². The Morgan fingerprint density at radius 1 is 0.767 bits per heavy atom. The normalized spacial score (nSPS) is 15.3. The Balaban J connectivity index is 0.861. The molecule has 18 nitrogen and oxygen atoms in total. The van der Waals surface area contributed by atoms with Gasteiger partial charge in [-0.2, -0.15) is 0 Å². The number of nitrogens with zero attached hydrogens (tertiary/aromatic N) is 2. The van der Waals surface area contributed by atoms with Crippen LogP contribution < -0.4 is 20.7 Å². The molecule has 19 heteroatoms. The fourth-order valence-electron chi connectivity index (χ4n) is 9.00. The Morgan fingerprint density at radius 3 is 2.10 bits per heavy atom. The van der Waals surface area contributed by atoms with Gasteiger partial charge < -0.3 is 49.5 Å². The summed E-state index contributed by atoms with van der Waals surface area (Å²) in [6.07, 6.45) is -2.67. The van der Waals surface area contributed by atoms with Crippen molar-refractivity contribution in [1.29, 1.82) is 0 Å². The van der Waals surface area contributed by atoms with Crippen LogP contribution in [0.1, 0.15) is 88.6 Å². The van der Waals surface area contributed by atoms with Gasteiger partial charge in [-0.15, -0.1) is 0 Å². The molecule has 3 unspecified atom stereocenters. The first-order valence-electron chi connectivity index (χ1n) is 24.2. The molecule has 0 spiro atoms. The molecular weight excluding hydrogens is 946 g/mol. The van der Waals surface area contributed by atoms with Crippen LogP contribution >= 0.6 is 0 Å². The lowest BCUT2D eigenvalue weighted by Gasteiger charge is -2.27. The van der Waals surface area contributed by atoms with Gasteiger partial charge in [0.15, 0.2) is 0 Å². The van der Waals surface area contributed by atoms with E-state index in [1.807, 2.05) is 48.7 Å². The number of aliphatic hydroxyl groups excluding tert-OH is 2. The van der Waals surface area contributed by atoms with E-state index in [2.05, 4.69) is 16.0 Å². The summed E-state index contributed by atoms with van der Waals surface area (Å²) in [7, 11) is 0. The Kier molecular flexibility index (Phi) is 18.6. The van der Waals surface area contributed by atoms with E-state index in [-0.39, 0.29) is 68.4 Å². The number of carboxylic acid groups (broad SMARTS) is 1. The molecule has 2 aliphatic heterocycles. The number of piperidine rings is 1. The number of carbonyl (C=O) groups is 6. The third-order valence-electron chi connectivity index (χ3n) is 12.3. The van der Waals surface area contributed by atoms with Gasteiger partial charge in [0.2, 0.25) is 11.8 Å². The van der Waals surface area contributed by atoms with Gasteiger partial charge in [0, 0.05) is 42.1 Å². The van der Waals surface area contributed by atoms with E-state index >= 15 is 0 Å². The summed E-state index contributed by atoms with van der Waals surface area (Å²) in [4.78, 5) is 77.0. The lowest BCUT2D eigenvalue weighted by Crippen LogP contribution is -2.54. The van der Waals surface area contributed by atoms with Crippen molar-refractivity contribution in [1.82, 2.24) is 14.8 Å². The number of amides is 5. The van der Waals surface area contributed by atoms with Crippen molar-refractivity contribution in [2.45, 2.75) is 76.7 Å². The molecule has 0 aliphatic carbocycles. The number of halogens is 1. The molecule has 7 rings (SSSR count). The first-order valence-corrected chi connectivity index (χ1v) is 24.2. The third kappa shape index (κ3) is 13.6. The van der Waals surface area contributed by atoms with Gasteiger partial charge in [-0.05, 0) is 97.0 Å². The zero-order chi connectivity index (χ0) is 52.0. The number of hydrogen-bond donors (Lipinski definition) is 6. The first-order chi connectivity index (χ1) is 35.2. The smallest absolute Gasteiger partial charge is 0.305 e. The second-order valence-electron chi connectivity index (χ2n) is 17.9. The number of aliphatic hydroxyl groups is 2. The molecule has 0 bridgehead atoms. The summed E-state index contributed by atoms with van der Waals surface area (Å²) in [5, 5.41) is 38.7. The van der Waals surface area contributed by atoms with Gasteiger partial charge in [-0.25, -0.2) is 4.39 Å². The molecule has 73 heavy (non-hydrogen) atoms. The number of carboxylic acids is 1. The standard InChI is InChI=1S/C54H60FN5O13/c1-33(2)49-48(46(34-7-4-3-5-8-34)50(35-11-13-36(55)14-12-35)59(49)23-21-38(61)31-39(62)32-45(64)65)52(67)57-37-15-17-40(18-16-37)73-30-29-72-28-27-71-26-25-70-24-22-56-42-10-6-9-41-47(42)54(69)60(53(41)68)43-19-20-44(63)58-51(43)66/h3-18,33,38-39,43,56,61-62H,19-32H2,1-2H3,(H,57,67)(H,64,65)(H,58,63,66). The van der Waals surface area contributed by atoms with Gasteiger partial charge in [-0.3, -0.25) is 39.0 Å². The summed E-state index contributed by atoms with van der Waals surface area (Å²) in [6, 6.07) is 26.1. The highest BCUT2D eigenvalue weighted by molar-refractivity contribution is 6.25. The van der Waals surface area contributed by atoms with E-state index in [4.69, 9.17) is 24.1 Å². The van der Waals surface area contributed by atoms with Crippen LogP contribution in [0.2, 0.25) is 0 Å². The largest absolute Gasteiger partial charge is 0.491 e. The van der Waals surface area contributed by atoms with Gasteiger partial charge in [0.1, 0.15) is 24.2 Å². The number of aliphatic carboxylic acids is 1. The van der Waals surface area contributed by atoms with Crippen LogP contribution in [-0.2, 0) is 35.1 Å². The van der Waals surface area contributed by atoms with Gasteiger partial charge >= 0.3 is 5.97 Å². The van der Waals surface area contributed by atoms with Crippen molar-refractivity contribution in [3.05, 3.63) is 125 Å². The highest BCUT2D eigenvalue weighted by Crippen LogP contribution is 2.43. The van der Waals surface area contributed by atoms with Gasteiger partial charge in [0.05, 0.1) is 80.7 Å². The van der Waals surface area contributed by atoms with E-state index in [1.165, 1.54) is 18.2 Å². The van der Waals surface area contributed by atoms with Crippen LogP contribution in [-0.4, -0.2) is 131 Å². The summed E-state index contributed by atoms with van der Waals surface area (Å²) in [6.45, 7) is 6.57. The molecule has 0 saturated carbocycles. The van der Waals surface area contributed by atoms with Crippen molar-refractivity contribution < 1.29 is 67.4 Å².